The number of anilines is 2. The molecule has 0 amide bonds. The Bertz CT molecular complexity index is 1030. The highest BCUT2D eigenvalue weighted by atomic mass is 19.4. The quantitative estimate of drug-likeness (QED) is 0.561. The Morgan fingerprint density at radius 2 is 1.90 bits per heavy atom. The Labute approximate surface area is 168 Å². The van der Waals surface area contributed by atoms with E-state index in [-0.39, 0.29) is 5.95 Å². The number of hydrogen-bond donors (Lipinski definition) is 2. The van der Waals surface area contributed by atoms with E-state index in [1.165, 1.54) is 18.6 Å². The molecule has 2 N–H and O–H groups in total. The fourth-order valence-corrected chi connectivity index (χ4v) is 2.71. The van der Waals surface area contributed by atoms with Crippen LogP contribution in [0.1, 0.15) is 24.6 Å². The highest BCUT2D eigenvalue weighted by Gasteiger charge is 2.50. The Kier molecular flexibility index (Phi) is 5.75. The molecule has 0 bridgehead atoms. The molecule has 3 aromatic rings. The summed E-state index contributed by atoms with van der Waals surface area (Å²) in [5.74, 6) is -0.0127. The monoisotopic (exact) mass is 427 g/mol. The van der Waals surface area contributed by atoms with E-state index in [1.807, 2.05) is 0 Å². The van der Waals surface area contributed by atoms with Gasteiger partial charge >= 0.3 is 6.18 Å². The molecule has 1 aromatic carbocycles. The maximum atomic E-state index is 12.9. The van der Waals surface area contributed by atoms with Crippen LogP contribution in [-0.4, -0.2) is 36.6 Å². The molecule has 2 heterocycles. The minimum atomic E-state index is -4.80. The van der Waals surface area contributed by atoms with E-state index in [9.17, 15) is 27.1 Å². The Hall–Kier alpha value is -3.08. The van der Waals surface area contributed by atoms with Gasteiger partial charge in [0.2, 0.25) is 5.95 Å². The van der Waals surface area contributed by atoms with Crippen LogP contribution in [0.15, 0.2) is 42.9 Å². The van der Waals surface area contributed by atoms with Crippen LogP contribution in [0.25, 0.3) is 11.1 Å². The van der Waals surface area contributed by atoms with E-state index >= 15 is 0 Å². The molecular weight excluding hydrogens is 409 g/mol. The lowest BCUT2D eigenvalue weighted by Crippen LogP contribution is -2.45. The summed E-state index contributed by atoms with van der Waals surface area (Å²) < 4.78 is 65.3. The van der Waals surface area contributed by atoms with Crippen molar-refractivity contribution in [1.29, 1.82) is 0 Å². The zero-order chi connectivity index (χ0) is 22.1. The summed E-state index contributed by atoms with van der Waals surface area (Å²) in [7, 11) is 0. The van der Waals surface area contributed by atoms with E-state index in [0.29, 0.717) is 23.7 Å². The van der Waals surface area contributed by atoms with Gasteiger partial charge in [-0.25, -0.2) is 18.7 Å². The Morgan fingerprint density at radius 1 is 1.17 bits per heavy atom. The van der Waals surface area contributed by atoms with Crippen LogP contribution < -0.4 is 5.32 Å². The molecule has 0 fully saturated rings. The second-order valence-corrected chi connectivity index (χ2v) is 7.02. The number of aliphatic hydroxyl groups is 1. The standard InChI is InChI=1S/C19H18F5N5O/c1-11-5-12(13-8-26-29(9-13)10-18(2,30)19(22,23)24)7-14(6-11)27-17-25-4-3-15(28-17)16(20)21/h3-9,16,30H,10H2,1-2H3,(H,25,27,28). The van der Waals surface area contributed by atoms with Gasteiger partial charge in [-0.1, -0.05) is 6.07 Å². The second-order valence-electron chi connectivity index (χ2n) is 7.02. The van der Waals surface area contributed by atoms with Gasteiger partial charge in [0, 0.05) is 23.6 Å². The molecular formula is C19H18F5N5O. The van der Waals surface area contributed by atoms with Gasteiger partial charge in [-0.15, -0.1) is 0 Å². The van der Waals surface area contributed by atoms with Crippen LogP contribution in [0, 0.1) is 6.92 Å². The summed E-state index contributed by atoms with van der Waals surface area (Å²) in [5.41, 5.74) is -0.898. The average molecular weight is 427 g/mol. The number of hydrogen-bond acceptors (Lipinski definition) is 5. The van der Waals surface area contributed by atoms with Gasteiger partial charge in [-0.05, 0) is 43.2 Å². The normalized spacial score (nSPS) is 14.0. The summed E-state index contributed by atoms with van der Waals surface area (Å²) in [4.78, 5) is 7.65. The number of aryl methyl sites for hydroxylation is 1. The van der Waals surface area contributed by atoms with Gasteiger partial charge in [0.25, 0.3) is 6.43 Å². The van der Waals surface area contributed by atoms with Crippen LogP contribution in [0.3, 0.4) is 0 Å². The van der Waals surface area contributed by atoms with E-state index in [2.05, 4.69) is 20.4 Å². The molecule has 160 valence electrons. The third-order valence-electron chi connectivity index (χ3n) is 4.28. The first kappa shape index (κ1) is 21.6. The predicted molar refractivity (Wildman–Crippen MR) is 99.4 cm³/mol. The van der Waals surface area contributed by atoms with Crippen LogP contribution in [0.5, 0.6) is 0 Å². The number of aromatic nitrogens is 4. The number of rotatable bonds is 6. The van der Waals surface area contributed by atoms with Gasteiger partial charge in [-0.3, -0.25) is 4.68 Å². The molecule has 3 rings (SSSR count). The largest absolute Gasteiger partial charge is 0.418 e. The SMILES string of the molecule is Cc1cc(Nc2nccc(C(F)F)n2)cc(-c2cnn(CC(C)(O)C(F)(F)F)c2)c1. The maximum absolute atomic E-state index is 12.9. The minimum Gasteiger partial charge on any atom is -0.379 e. The summed E-state index contributed by atoms with van der Waals surface area (Å²) in [6.45, 7) is 1.71. The Balaban J connectivity index is 1.84. The lowest BCUT2D eigenvalue weighted by molar-refractivity contribution is -0.258. The van der Waals surface area contributed by atoms with Crippen LogP contribution in [0.4, 0.5) is 33.6 Å². The molecule has 0 saturated heterocycles. The fourth-order valence-electron chi connectivity index (χ4n) is 2.71. The van der Waals surface area contributed by atoms with E-state index in [0.717, 1.165) is 16.3 Å². The van der Waals surface area contributed by atoms with E-state index in [1.54, 1.807) is 25.1 Å². The van der Waals surface area contributed by atoms with Crippen LogP contribution in [-0.2, 0) is 6.54 Å². The minimum absolute atomic E-state index is 0.0127. The van der Waals surface area contributed by atoms with Gasteiger partial charge in [0.15, 0.2) is 5.60 Å². The highest BCUT2D eigenvalue weighted by Crippen LogP contribution is 2.32. The highest BCUT2D eigenvalue weighted by molar-refractivity contribution is 5.70. The van der Waals surface area contributed by atoms with Gasteiger partial charge < -0.3 is 10.4 Å². The molecule has 2 aromatic heterocycles. The third-order valence-corrected chi connectivity index (χ3v) is 4.28. The summed E-state index contributed by atoms with van der Waals surface area (Å²) in [6, 6.07) is 6.29. The molecule has 0 saturated carbocycles. The predicted octanol–water partition coefficient (Wildman–Crippen LogP) is 4.64. The smallest absolute Gasteiger partial charge is 0.379 e. The average Bonchev–Trinajstić information content (AvgIpc) is 3.08. The van der Waals surface area contributed by atoms with Gasteiger partial charge in [0.05, 0.1) is 12.7 Å². The maximum Gasteiger partial charge on any atom is 0.418 e. The van der Waals surface area contributed by atoms with Crippen molar-refractivity contribution in [3.05, 3.63) is 54.1 Å². The molecule has 0 aliphatic carbocycles. The number of alkyl halides is 5. The molecule has 0 spiro atoms. The van der Waals surface area contributed by atoms with Crippen molar-refractivity contribution in [2.45, 2.75) is 38.6 Å². The molecule has 11 heteroatoms. The van der Waals surface area contributed by atoms with Crippen molar-refractivity contribution in [1.82, 2.24) is 19.7 Å². The van der Waals surface area contributed by atoms with Crippen molar-refractivity contribution in [3.63, 3.8) is 0 Å². The third kappa shape index (κ3) is 4.90. The Morgan fingerprint density at radius 3 is 2.57 bits per heavy atom. The number of halogens is 5. The molecule has 0 aliphatic rings. The van der Waals surface area contributed by atoms with Gasteiger partial charge in [0.1, 0.15) is 5.69 Å². The first-order valence-electron chi connectivity index (χ1n) is 8.76. The lowest BCUT2D eigenvalue weighted by atomic mass is 10.1. The number of benzene rings is 1. The molecule has 0 radical (unpaired) electrons. The van der Waals surface area contributed by atoms with Crippen molar-refractivity contribution >= 4 is 11.6 Å². The molecule has 30 heavy (non-hydrogen) atoms. The fraction of sp³-hybridized carbons (Fsp3) is 0.316. The first-order chi connectivity index (χ1) is 13.9. The van der Waals surface area contributed by atoms with Crippen molar-refractivity contribution < 1.29 is 27.1 Å². The summed E-state index contributed by atoms with van der Waals surface area (Å²) in [5, 5.41) is 16.4. The van der Waals surface area contributed by atoms with E-state index < -0.39 is 30.4 Å². The van der Waals surface area contributed by atoms with E-state index in [4.69, 9.17) is 0 Å². The molecule has 1 unspecified atom stereocenters. The topological polar surface area (TPSA) is 75.9 Å². The zero-order valence-electron chi connectivity index (χ0n) is 16.0. The summed E-state index contributed by atoms with van der Waals surface area (Å²) in [6.07, 6.45) is -3.57. The van der Waals surface area contributed by atoms with Crippen LogP contribution >= 0.6 is 0 Å². The molecule has 6 nitrogen and oxygen atoms in total. The zero-order valence-corrected chi connectivity index (χ0v) is 16.0. The van der Waals surface area contributed by atoms with Crippen molar-refractivity contribution in [3.8, 4) is 11.1 Å². The number of nitrogens with one attached hydrogen (secondary N) is 1. The number of nitrogens with zero attached hydrogens (tertiary/aromatic N) is 4. The van der Waals surface area contributed by atoms with Gasteiger partial charge in [-0.2, -0.15) is 18.3 Å². The lowest BCUT2D eigenvalue weighted by Gasteiger charge is -2.25. The first-order valence-corrected chi connectivity index (χ1v) is 8.76. The molecule has 0 aliphatic heterocycles. The van der Waals surface area contributed by atoms with Crippen LogP contribution in [0.2, 0.25) is 0 Å². The second kappa shape index (κ2) is 7.98. The van der Waals surface area contributed by atoms with Crippen molar-refractivity contribution in [2.75, 3.05) is 5.32 Å². The summed E-state index contributed by atoms with van der Waals surface area (Å²) >= 11 is 0. The van der Waals surface area contributed by atoms with Crippen molar-refractivity contribution in [2.24, 2.45) is 0 Å². The molecule has 1 atom stereocenters.